The lowest BCUT2D eigenvalue weighted by molar-refractivity contribution is -0.115. The molecule has 1 saturated carbocycles. The Morgan fingerprint density at radius 1 is 1.30 bits per heavy atom. The van der Waals surface area contributed by atoms with E-state index in [9.17, 15) is 4.79 Å². The highest BCUT2D eigenvalue weighted by atomic mass is 16.1. The predicted molar refractivity (Wildman–Crippen MR) is 82.8 cm³/mol. The second kappa shape index (κ2) is 5.35. The highest BCUT2D eigenvalue weighted by Gasteiger charge is 2.21. The van der Waals surface area contributed by atoms with Crippen LogP contribution in [-0.4, -0.2) is 12.5 Å². The van der Waals surface area contributed by atoms with Crippen molar-refractivity contribution in [2.75, 3.05) is 22.9 Å². The molecule has 4 heteroatoms. The predicted octanol–water partition coefficient (Wildman–Crippen LogP) is 3.00. The van der Waals surface area contributed by atoms with Gasteiger partial charge in [-0.1, -0.05) is 19.8 Å². The van der Waals surface area contributed by atoms with Gasteiger partial charge in [0.2, 0.25) is 5.91 Å². The van der Waals surface area contributed by atoms with Crippen molar-refractivity contribution in [2.24, 2.45) is 11.8 Å². The second-order valence-electron chi connectivity index (χ2n) is 6.33. The smallest absolute Gasteiger partial charge is 0.228 e. The standard InChI is InChI=1S/C16H23N3O/c1-10-2-4-11(5-3-10)9-18-15-8-14-12(6-13(15)17)7-16(20)19-14/h6,8,10-11,18H,2-5,7,9,17H2,1H3,(H,19,20). The molecule has 1 aromatic rings. The molecule has 1 aromatic carbocycles. The maximum atomic E-state index is 11.4. The summed E-state index contributed by atoms with van der Waals surface area (Å²) >= 11 is 0. The van der Waals surface area contributed by atoms with Crippen LogP contribution >= 0.6 is 0 Å². The first-order chi connectivity index (χ1) is 9.61. The van der Waals surface area contributed by atoms with Crippen molar-refractivity contribution in [3.05, 3.63) is 17.7 Å². The monoisotopic (exact) mass is 273 g/mol. The minimum absolute atomic E-state index is 0.0535. The number of anilines is 3. The topological polar surface area (TPSA) is 67.1 Å². The molecule has 2 aliphatic rings. The summed E-state index contributed by atoms with van der Waals surface area (Å²) in [6.45, 7) is 3.31. The lowest BCUT2D eigenvalue weighted by Crippen LogP contribution is -2.20. The number of hydrogen-bond donors (Lipinski definition) is 3. The van der Waals surface area contributed by atoms with E-state index in [2.05, 4.69) is 17.6 Å². The molecule has 3 rings (SSSR count). The van der Waals surface area contributed by atoms with Gasteiger partial charge in [-0.25, -0.2) is 0 Å². The summed E-state index contributed by atoms with van der Waals surface area (Å²) in [5, 5.41) is 6.34. The van der Waals surface area contributed by atoms with Gasteiger partial charge in [-0.3, -0.25) is 4.79 Å². The molecule has 1 fully saturated rings. The highest BCUT2D eigenvalue weighted by Crippen LogP contribution is 2.33. The van der Waals surface area contributed by atoms with Gasteiger partial charge in [0.05, 0.1) is 17.8 Å². The fourth-order valence-corrected chi connectivity index (χ4v) is 3.23. The summed E-state index contributed by atoms with van der Waals surface area (Å²) in [6.07, 6.45) is 5.72. The Kier molecular flexibility index (Phi) is 3.55. The Bertz CT molecular complexity index is 519. The van der Waals surface area contributed by atoms with Crippen molar-refractivity contribution in [3.63, 3.8) is 0 Å². The number of carbonyl (C=O) groups is 1. The number of carbonyl (C=O) groups excluding carboxylic acids is 1. The normalized spacial score (nSPS) is 25.1. The van der Waals surface area contributed by atoms with Gasteiger partial charge in [0, 0.05) is 12.2 Å². The van der Waals surface area contributed by atoms with Gasteiger partial charge < -0.3 is 16.4 Å². The minimum Gasteiger partial charge on any atom is -0.397 e. The van der Waals surface area contributed by atoms with E-state index in [1.807, 2.05) is 12.1 Å². The molecule has 0 spiro atoms. The molecule has 20 heavy (non-hydrogen) atoms. The Labute approximate surface area is 120 Å². The molecule has 108 valence electrons. The largest absolute Gasteiger partial charge is 0.397 e. The van der Waals surface area contributed by atoms with Crippen molar-refractivity contribution in [2.45, 2.75) is 39.0 Å². The van der Waals surface area contributed by atoms with E-state index in [1.54, 1.807) is 0 Å². The van der Waals surface area contributed by atoms with Gasteiger partial charge in [-0.2, -0.15) is 0 Å². The van der Waals surface area contributed by atoms with E-state index >= 15 is 0 Å². The number of nitrogens with one attached hydrogen (secondary N) is 2. The summed E-state index contributed by atoms with van der Waals surface area (Å²) in [4.78, 5) is 11.4. The molecule has 1 heterocycles. The first-order valence-electron chi connectivity index (χ1n) is 7.58. The SMILES string of the molecule is CC1CCC(CNc2cc3c(cc2N)CC(=O)N3)CC1. The minimum atomic E-state index is 0.0535. The average molecular weight is 273 g/mol. The van der Waals surface area contributed by atoms with Gasteiger partial charge in [-0.15, -0.1) is 0 Å². The second-order valence-corrected chi connectivity index (χ2v) is 6.33. The quantitative estimate of drug-likeness (QED) is 0.742. The van der Waals surface area contributed by atoms with Crippen molar-refractivity contribution in [1.29, 1.82) is 0 Å². The number of fused-ring (bicyclic) bond motifs is 1. The number of nitrogen functional groups attached to an aromatic ring is 1. The van der Waals surface area contributed by atoms with Crippen LogP contribution in [-0.2, 0) is 11.2 Å². The van der Waals surface area contributed by atoms with E-state index in [1.165, 1.54) is 25.7 Å². The van der Waals surface area contributed by atoms with Crippen molar-refractivity contribution in [1.82, 2.24) is 0 Å². The van der Waals surface area contributed by atoms with E-state index in [-0.39, 0.29) is 5.91 Å². The van der Waals surface area contributed by atoms with Crippen LogP contribution in [0, 0.1) is 11.8 Å². The number of nitrogens with two attached hydrogens (primary N) is 1. The third-order valence-corrected chi connectivity index (χ3v) is 4.62. The van der Waals surface area contributed by atoms with Crippen LogP contribution in [0.2, 0.25) is 0 Å². The Morgan fingerprint density at radius 2 is 2.05 bits per heavy atom. The van der Waals surface area contributed by atoms with Crippen LogP contribution in [0.25, 0.3) is 0 Å². The fraction of sp³-hybridized carbons (Fsp3) is 0.562. The van der Waals surface area contributed by atoms with Crippen molar-refractivity contribution < 1.29 is 4.79 Å². The van der Waals surface area contributed by atoms with Gasteiger partial charge >= 0.3 is 0 Å². The van der Waals surface area contributed by atoms with Crippen LogP contribution in [0.3, 0.4) is 0 Å². The molecule has 1 amide bonds. The molecular formula is C16H23N3O. The summed E-state index contributed by atoms with van der Waals surface area (Å²) in [6, 6.07) is 3.89. The van der Waals surface area contributed by atoms with Gasteiger partial charge in [0.15, 0.2) is 0 Å². The maximum Gasteiger partial charge on any atom is 0.228 e. The summed E-state index contributed by atoms with van der Waals surface area (Å²) in [7, 11) is 0. The van der Waals surface area contributed by atoms with Crippen LogP contribution in [0.5, 0.6) is 0 Å². The lowest BCUT2D eigenvalue weighted by atomic mass is 9.83. The summed E-state index contributed by atoms with van der Waals surface area (Å²) in [5.74, 6) is 1.68. The molecule has 4 nitrogen and oxygen atoms in total. The molecule has 0 aromatic heterocycles. The number of rotatable bonds is 3. The summed E-state index contributed by atoms with van der Waals surface area (Å²) < 4.78 is 0. The fourth-order valence-electron chi connectivity index (χ4n) is 3.23. The van der Waals surface area contributed by atoms with E-state index < -0.39 is 0 Å². The molecule has 0 saturated heterocycles. The zero-order chi connectivity index (χ0) is 14.1. The Morgan fingerprint density at radius 3 is 2.80 bits per heavy atom. The summed E-state index contributed by atoms with van der Waals surface area (Å²) in [5.41, 5.74) is 9.67. The van der Waals surface area contributed by atoms with Crippen molar-refractivity contribution in [3.8, 4) is 0 Å². The Hall–Kier alpha value is -1.71. The number of hydrogen-bond acceptors (Lipinski definition) is 3. The first-order valence-corrected chi connectivity index (χ1v) is 7.58. The van der Waals surface area contributed by atoms with Gasteiger partial charge in [0.25, 0.3) is 0 Å². The molecule has 0 atom stereocenters. The highest BCUT2D eigenvalue weighted by molar-refractivity contribution is 6.00. The molecule has 0 bridgehead atoms. The molecule has 0 unspecified atom stereocenters. The third kappa shape index (κ3) is 2.74. The number of benzene rings is 1. The molecule has 4 N–H and O–H groups in total. The van der Waals surface area contributed by atoms with Crippen LogP contribution in [0.1, 0.15) is 38.2 Å². The van der Waals surface area contributed by atoms with E-state index in [4.69, 9.17) is 5.73 Å². The first kappa shape index (κ1) is 13.3. The average Bonchev–Trinajstić information content (AvgIpc) is 2.77. The molecule has 1 aliphatic heterocycles. The van der Waals surface area contributed by atoms with Gasteiger partial charge in [-0.05, 0) is 42.4 Å². The van der Waals surface area contributed by atoms with E-state index in [0.717, 1.165) is 41.0 Å². The van der Waals surface area contributed by atoms with Crippen LogP contribution < -0.4 is 16.4 Å². The third-order valence-electron chi connectivity index (χ3n) is 4.62. The number of amides is 1. The zero-order valence-electron chi connectivity index (χ0n) is 12.0. The zero-order valence-corrected chi connectivity index (χ0v) is 12.0. The molecule has 1 aliphatic carbocycles. The lowest BCUT2D eigenvalue weighted by Gasteiger charge is -2.26. The van der Waals surface area contributed by atoms with Gasteiger partial charge in [0.1, 0.15) is 0 Å². The molecule has 0 radical (unpaired) electrons. The van der Waals surface area contributed by atoms with Crippen molar-refractivity contribution >= 4 is 23.0 Å². The maximum absolute atomic E-state index is 11.4. The molecular weight excluding hydrogens is 250 g/mol. The van der Waals surface area contributed by atoms with E-state index in [0.29, 0.717) is 6.42 Å². The van der Waals surface area contributed by atoms with Crippen LogP contribution in [0.4, 0.5) is 17.1 Å². The van der Waals surface area contributed by atoms with Crippen LogP contribution in [0.15, 0.2) is 12.1 Å². The Balaban J connectivity index is 1.63.